The van der Waals surface area contributed by atoms with Gasteiger partial charge in [-0.1, -0.05) is 24.3 Å². The first-order valence-corrected chi connectivity index (χ1v) is 11.1. The summed E-state index contributed by atoms with van der Waals surface area (Å²) in [4.78, 5) is 6.85. The van der Waals surface area contributed by atoms with Crippen molar-refractivity contribution in [3.05, 3.63) is 90.1 Å². The van der Waals surface area contributed by atoms with Crippen LogP contribution in [0.25, 0.3) is 5.65 Å². The minimum Gasteiger partial charge on any atom is -0.493 e. The van der Waals surface area contributed by atoms with E-state index in [0.29, 0.717) is 12.3 Å². The number of halogens is 1. The van der Waals surface area contributed by atoms with Gasteiger partial charge in [0.25, 0.3) is 0 Å². The second-order valence-corrected chi connectivity index (χ2v) is 8.20. The van der Waals surface area contributed by atoms with E-state index in [1.54, 1.807) is 20.4 Å². The molecule has 0 aliphatic carbocycles. The van der Waals surface area contributed by atoms with Crippen molar-refractivity contribution >= 4 is 11.3 Å². The van der Waals surface area contributed by atoms with E-state index in [4.69, 9.17) is 9.47 Å². The summed E-state index contributed by atoms with van der Waals surface area (Å²) in [6.07, 6.45) is 6.74. The third kappa shape index (κ3) is 4.12. The summed E-state index contributed by atoms with van der Waals surface area (Å²) >= 11 is 0. The number of rotatable bonds is 7. The maximum atomic E-state index is 13.3. The molecule has 1 aliphatic heterocycles. The fourth-order valence-corrected chi connectivity index (χ4v) is 4.75. The molecule has 4 aromatic rings. The summed E-state index contributed by atoms with van der Waals surface area (Å²) in [5, 5.41) is 3.71. The summed E-state index contributed by atoms with van der Waals surface area (Å²) in [5.41, 5.74) is 4.13. The molecule has 1 aliphatic rings. The lowest BCUT2D eigenvalue weighted by molar-refractivity contribution is 0.346. The van der Waals surface area contributed by atoms with E-state index in [1.165, 1.54) is 12.1 Å². The third-order valence-corrected chi connectivity index (χ3v) is 6.34. The Morgan fingerprint density at radius 3 is 2.70 bits per heavy atom. The topological polar surface area (TPSA) is 51.0 Å². The second kappa shape index (κ2) is 9.11. The Hall–Kier alpha value is -3.58. The molecule has 1 saturated heterocycles. The molecule has 1 fully saturated rings. The van der Waals surface area contributed by atoms with Gasteiger partial charge < -0.3 is 24.1 Å². The van der Waals surface area contributed by atoms with Crippen LogP contribution in [-0.4, -0.2) is 36.2 Å². The van der Waals surface area contributed by atoms with Crippen molar-refractivity contribution in [3.8, 4) is 11.5 Å². The zero-order valence-electron chi connectivity index (χ0n) is 18.7. The van der Waals surface area contributed by atoms with E-state index in [1.807, 2.05) is 41.1 Å². The van der Waals surface area contributed by atoms with Gasteiger partial charge >= 0.3 is 0 Å². The highest BCUT2D eigenvalue weighted by Crippen LogP contribution is 2.43. The van der Waals surface area contributed by atoms with Crippen molar-refractivity contribution in [2.24, 2.45) is 0 Å². The zero-order valence-corrected chi connectivity index (χ0v) is 18.7. The van der Waals surface area contributed by atoms with Crippen LogP contribution in [0.3, 0.4) is 0 Å². The molecule has 2 aromatic carbocycles. The molecule has 2 unspecified atom stereocenters. The van der Waals surface area contributed by atoms with E-state index in [9.17, 15) is 4.39 Å². The fraction of sp³-hybridized carbons (Fsp3) is 0.269. The van der Waals surface area contributed by atoms with Crippen molar-refractivity contribution in [1.29, 1.82) is 0 Å². The Morgan fingerprint density at radius 1 is 1.06 bits per heavy atom. The summed E-state index contributed by atoms with van der Waals surface area (Å²) in [6.45, 7) is 1.53. The molecule has 0 spiro atoms. The van der Waals surface area contributed by atoms with Crippen molar-refractivity contribution in [2.75, 3.05) is 25.7 Å². The minimum absolute atomic E-state index is 0.0212. The van der Waals surface area contributed by atoms with E-state index in [2.05, 4.69) is 33.4 Å². The first-order valence-electron chi connectivity index (χ1n) is 11.1. The Kier molecular flexibility index (Phi) is 5.88. The third-order valence-electron chi connectivity index (χ3n) is 6.34. The highest BCUT2D eigenvalue weighted by molar-refractivity contribution is 5.60. The van der Waals surface area contributed by atoms with Gasteiger partial charge in [-0.15, -0.1) is 0 Å². The number of aromatic nitrogens is 2. The Bertz CT molecular complexity index is 1240. The first-order chi connectivity index (χ1) is 16.2. The molecule has 170 valence electrons. The van der Waals surface area contributed by atoms with E-state index in [-0.39, 0.29) is 17.9 Å². The quantitative estimate of drug-likeness (QED) is 0.450. The van der Waals surface area contributed by atoms with Gasteiger partial charge in [0.1, 0.15) is 11.5 Å². The van der Waals surface area contributed by atoms with Crippen LogP contribution in [0.5, 0.6) is 11.5 Å². The molecule has 0 bridgehead atoms. The van der Waals surface area contributed by atoms with Crippen LogP contribution in [0, 0.1) is 5.82 Å². The zero-order chi connectivity index (χ0) is 22.8. The number of pyridine rings is 1. The second-order valence-electron chi connectivity index (χ2n) is 8.20. The standard InChI is InChI=1S/C26H27FN4O2/c1-32-23-5-3-4-21(26(23)33-2)25-22(29-17-18-6-8-19(27)9-7-18)11-14-31(25)20-10-13-30-15-12-28-24(30)16-20/h3-10,12-13,15-16,22,25,29H,11,14,17H2,1-2H3. The highest BCUT2D eigenvalue weighted by atomic mass is 19.1. The van der Waals surface area contributed by atoms with E-state index < -0.39 is 0 Å². The van der Waals surface area contributed by atoms with Gasteiger partial charge in [0.2, 0.25) is 0 Å². The normalized spacial score (nSPS) is 18.1. The number of anilines is 1. The fourth-order valence-electron chi connectivity index (χ4n) is 4.75. The van der Waals surface area contributed by atoms with Crippen molar-refractivity contribution in [2.45, 2.75) is 25.0 Å². The maximum Gasteiger partial charge on any atom is 0.166 e. The van der Waals surface area contributed by atoms with Crippen LogP contribution >= 0.6 is 0 Å². The molecule has 33 heavy (non-hydrogen) atoms. The monoisotopic (exact) mass is 446 g/mol. The summed E-state index contributed by atoms with van der Waals surface area (Å²) in [5.74, 6) is 1.23. The average Bonchev–Trinajstić information content (AvgIpc) is 3.49. The van der Waals surface area contributed by atoms with Crippen LogP contribution in [0.4, 0.5) is 10.1 Å². The molecule has 0 saturated carbocycles. The number of para-hydroxylation sites is 1. The number of methoxy groups -OCH3 is 2. The smallest absolute Gasteiger partial charge is 0.166 e. The Labute approximate surface area is 192 Å². The predicted octanol–water partition coefficient (Wildman–Crippen LogP) is 4.60. The Balaban J connectivity index is 1.51. The SMILES string of the molecule is COc1cccc(C2C(NCc3ccc(F)cc3)CCN2c2ccn3ccnc3c2)c1OC. The molecular weight excluding hydrogens is 419 g/mol. The van der Waals surface area contributed by atoms with Crippen molar-refractivity contribution in [1.82, 2.24) is 14.7 Å². The number of nitrogens with one attached hydrogen (secondary N) is 1. The molecule has 0 amide bonds. The number of imidazole rings is 1. The number of ether oxygens (including phenoxy) is 2. The Morgan fingerprint density at radius 2 is 1.91 bits per heavy atom. The van der Waals surface area contributed by atoms with Crippen LogP contribution in [0.2, 0.25) is 0 Å². The van der Waals surface area contributed by atoms with Gasteiger partial charge in [0, 0.05) is 55.0 Å². The molecule has 7 heteroatoms. The molecule has 1 N–H and O–H groups in total. The lowest BCUT2D eigenvalue weighted by Gasteiger charge is -2.32. The van der Waals surface area contributed by atoms with Crippen LogP contribution in [0.15, 0.2) is 73.2 Å². The number of benzene rings is 2. The van der Waals surface area contributed by atoms with Gasteiger partial charge in [0.05, 0.1) is 20.3 Å². The minimum atomic E-state index is -0.223. The molecular formula is C26H27FN4O2. The lowest BCUT2D eigenvalue weighted by Crippen LogP contribution is -2.36. The van der Waals surface area contributed by atoms with Gasteiger partial charge in [0.15, 0.2) is 11.5 Å². The largest absolute Gasteiger partial charge is 0.493 e. The van der Waals surface area contributed by atoms with E-state index >= 15 is 0 Å². The number of hydrogen-bond donors (Lipinski definition) is 1. The van der Waals surface area contributed by atoms with E-state index in [0.717, 1.165) is 41.2 Å². The van der Waals surface area contributed by atoms with Gasteiger partial charge in [-0.25, -0.2) is 9.37 Å². The number of nitrogens with zero attached hydrogens (tertiary/aromatic N) is 3. The summed E-state index contributed by atoms with van der Waals surface area (Å²) < 4.78 is 26.7. The lowest BCUT2D eigenvalue weighted by atomic mass is 9.97. The molecule has 2 atom stereocenters. The number of fused-ring (bicyclic) bond motifs is 1. The highest BCUT2D eigenvalue weighted by Gasteiger charge is 2.37. The summed E-state index contributed by atoms with van der Waals surface area (Å²) in [6, 6.07) is 17.1. The first kappa shape index (κ1) is 21.3. The van der Waals surface area contributed by atoms with Crippen LogP contribution < -0.4 is 19.7 Å². The number of hydrogen-bond acceptors (Lipinski definition) is 5. The molecule has 2 aromatic heterocycles. The predicted molar refractivity (Wildman–Crippen MR) is 126 cm³/mol. The van der Waals surface area contributed by atoms with Crippen LogP contribution in [-0.2, 0) is 6.54 Å². The van der Waals surface area contributed by atoms with Gasteiger partial charge in [-0.05, 0) is 36.2 Å². The van der Waals surface area contributed by atoms with Gasteiger partial charge in [-0.2, -0.15) is 0 Å². The van der Waals surface area contributed by atoms with Gasteiger partial charge in [-0.3, -0.25) is 0 Å². The maximum absolute atomic E-state index is 13.3. The average molecular weight is 447 g/mol. The van der Waals surface area contributed by atoms with Crippen LogP contribution in [0.1, 0.15) is 23.6 Å². The van der Waals surface area contributed by atoms with Crippen molar-refractivity contribution < 1.29 is 13.9 Å². The molecule has 5 rings (SSSR count). The molecule has 0 radical (unpaired) electrons. The molecule has 3 heterocycles. The molecule has 6 nitrogen and oxygen atoms in total. The summed E-state index contributed by atoms with van der Waals surface area (Å²) in [7, 11) is 3.34. The van der Waals surface area contributed by atoms with Crippen molar-refractivity contribution in [3.63, 3.8) is 0 Å².